The van der Waals surface area contributed by atoms with E-state index in [-0.39, 0.29) is 5.91 Å². The maximum Gasteiger partial charge on any atom is 0.254 e. The number of aromatic nitrogens is 3. The Morgan fingerprint density at radius 2 is 1.93 bits per heavy atom. The zero-order chi connectivity index (χ0) is 18.8. The van der Waals surface area contributed by atoms with Crippen molar-refractivity contribution < 1.29 is 9.53 Å². The number of aryl methyl sites for hydroxylation is 2. The fraction of sp³-hybridized carbons (Fsp3) is 0.286. The summed E-state index contributed by atoms with van der Waals surface area (Å²) in [4.78, 5) is 18.8. The first-order valence-electron chi connectivity index (χ1n) is 9.05. The standard InChI is InChI=1S/C21H22N4O2/c1-15-3-5-18(6-4-15)21(26)24-9-10-25-19(13-24)12-20(23-25)27-14-17-7-8-22-16(2)11-17/h3-8,11-12H,9-10,13-14H2,1-2H3. The molecule has 27 heavy (non-hydrogen) atoms. The SMILES string of the molecule is Cc1ccc(C(=O)N2CCn3nc(OCc4ccnc(C)c4)cc3C2)cc1. The third-order valence-electron chi connectivity index (χ3n) is 4.71. The van der Waals surface area contributed by atoms with Crippen LogP contribution in [0.25, 0.3) is 0 Å². The molecule has 0 bridgehead atoms. The molecule has 3 aromatic rings. The molecular weight excluding hydrogens is 340 g/mol. The number of hydrogen-bond donors (Lipinski definition) is 0. The van der Waals surface area contributed by atoms with Crippen molar-refractivity contribution in [1.29, 1.82) is 0 Å². The molecule has 1 aromatic carbocycles. The molecule has 138 valence electrons. The van der Waals surface area contributed by atoms with Gasteiger partial charge < -0.3 is 9.64 Å². The largest absolute Gasteiger partial charge is 0.472 e. The van der Waals surface area contributed by atoms with Crippen molar-refractivity contribution in [3.63, 3.8) is 0 Å². The molecule has 0 radical (unpaired) electrons. The summed E-state index contributed by atoms with van der Waals surface area (Å²) >= 11 is 0. The number of nitrogens with zero attached hydrogens (tertiary/aromatic N) is 4. The fourth-order valence-electron chi connectivity index (χ4n) is 3.21. The molecule has 2 aromatic heterocycles. The van der Waals surface area contributed by atoms with E-state index >= 15 is 0 Å². The van der Waals surface area contributed by atoms with E-state index in [4.69, 9.17) is 4.74 Å². The summed E-state index contributed by atoms with van der Waals surface area (Å²) in [6.45, 7) is 6.28. The van der Waals surface area contributed by atoms with E-state index in [1.807, 2.05) is 65.9 Å². The van der Waals surface area contributed by atoms with Crippen LogP contribution in [0.3, 0.4) is 0 Å². The van der Waals surface area contributed by atoms with Crippen molar-refractivity contribution in [3.05, 3.63) is 76.7 Å². The van der Waals surface area contributed by atoms with Gasteiger partial charge in [0.2, 0.25) is 5.88 Å². The van der Waals surface area contributed by atoms with E-state index in [1.165, 1.54) is 0 Å². The number of fused-ring (bicyclic) bond motifs is 1. The molecule has 6 nitrogen and oxygen atoms in total. The Kier molecular flexibility index (Phi) is 4.62. The molecule has 0 aliphatic carbocycles. The van der Waals surface area contributed by atoms with Gasteiger partial charge in [-0.2, -0.15) is 0 Å². The highest BCUT2D eigenvalue weighted by molar-refractivity contribution is 5.94. The summed E-state index contributed by atoms with van der Waals surface area (Å²) in [5.41, 5.74) is 4.88. The number of ether oxygens (including phenoxy) is 1. The lowest BCUT2D eigenvalue weighted by Crippen LogP contribution is -2.38. The average molecular weight is 362 g/mol. The van der Waals surface area contributed by atoms with E-state index < -0.39 is 0 Å². The molecule has 0 saturated heterocycles. The second kappa shape index (κ2) is 7.23. The van der Waals surface area contributed by atoms with Crippen molar-refractivity contribution in [2.45, 2.75) is 33.5 Å². The van der Waals surface area contributed by atoms with Gasteiger partial charge >= 0.3 is 0 Å². The Morgan fingerprint density at radius 3 is 2.70 bits per heavy atom. The maximum absolute atomic E-state index is 12.7. The van der Waals surface area contributed by atoms with Crippen molar-refractivity contribution in [3.8, 4) is 5.88 Å². The van der Waals surface area contributed by atoms with Gasteiger partial charge in [0.1, 0.15) is 6.61 Å². The molecule has 1 amide bonds. The van der Waals surface area contributed by atoms with Crippen LogP contribution in [-0.4, -0.2) is 32.1 Å². The Balaban J connectivity index is 1.42. The first-order chi connectivity index (χ1) is 13.1. The van der Waals surface area contributed by atoms with E-state index in [1.54, 1.807) is 6.20 Å². The molecule has 0 unspecified atom stereocenters. The molecule has 1 aliphatic rings. The highest BCUT2D eigenvalue weighted by atomic mass is 16.5. The third-order valence-corrected chi connectivity index (χ3v) is 4.71. The first-order valence-corrected chi connectivity index (χ1v) is 9.05. The number of carbonyl (C=O) groups excluding carboxylic acids is 1. The van der Waals surface area contributed by atoms with Gasteiger partial charge in [-0.05, 0) is 43.7 Å². The zero-order valence-corrected chi connectivity index (χ0v) is 15.6. The van der Waals surface area contributed by atoms with E-state index in [0.29, 0.717) is 32.1 Å². The topological polar surface area (TPSA) is 60.2 Å². The van der Waals surface area contributed by atoms with Crippen LogP contribution in [0.4, 0.5) is 0 Å². The molecule has 0 N–H and O–H groups in total. The molecule has 0 fully saturated rings. The van der Waals surface area contributed by atoms with E-state index in [0.717, 1.165) is 28.1 Å². The number of carbonyl (C=O) groups is 1. The summed E-state index contributed by atoms with van der Waals surface area (Å²) in [5, 5.41) is 4.51. The Labute approximate surface area is 158 Å². The number of hydrogen-bond acceptors (Lipinski definition) is 4. The maximum atomic E-state index is 12.7. The molecule has 0 spiro atoms. The number of pyridine rings is 1. The summed E-state index contributed by atoms with van der Waals surface area (Å²) in [6, 6.07) is 13.6. The fourth-order valence-corrected chi connectivity index (χ4v) is 3.21. The highest BCUT2D eigenvalue weighted by Crippen LogP contribution is 2.20. The summed E-state index contributed by atoms with van der Waals surface area (Å²) in [5.74, 6) is 0.640. The number of amides is 1. The molecule has 0 atom stereocenters. The van der Waals surface area contributed by atoms with Crippen molar-refractivity contribution in [2.75, 3.05) is 6.54 Å². The lowest BCUT2D eigenvalue weighted by atomic mass is 10.1. The molecule has 1 aliphatic heterocycles. The van der Waals surface area contributed by atoms with Gasteiger partial charge in [-0.3, -0.25) is 14.5 Å². The van der Waals surface area contributed by atoms with Gasteiger partial charge in [-0.1, -0.05) is 17.7 Å². The van der Waals surface area contributed by atoms with Gasteiger partial charge in [0.15, 0.2) is 0 Å². The van der Waals surface area contributed by atoms with Crippen molar-refractivity contribution in [1.82, 2.24) is 19.7 Å². The van der Waals surface area contributed by atoms with E-state index in [2.05, 4.69) is 10.1 Å². The van der Waals surface area contributed by atoms with Crippen molar-refractivity contribution in [2.24, 2.45) is 0 Å². The Bertz CT molecular complexity index is 963. The van der Waals surface area contributed by atoms with Gasteiger partial charge in [0.05, 0.1) is 18.8 Å². The molecule has 3 heterocycles. The average Bonchev–Trinajstić information content (AvgIpc) is 3.08. The summed E-state index contributed by atoms with van der Waals surface area (Å²) in [7, 11) is 0. The van der Waals surface area contributed by atoms with Crippen LogP contribution in [0.15, 0.2) is 48.7 Å². The monoisotopic (exact) mass is 362 g/mol. The lowest BCUT2D eigenvalue weighted by Gasteiger charge is -2.27. The van der Waals surface area contributed by atoms with Crippen LogP contribution in [0.5, 0.6) is 5.88 Å². The summed E-state index contributed by atoms with van der Waals surface area (Å²) < 4.78 is 7.75. The van der Waals surface area contributed by atoms with Crippen LogP contribution in [-0.2, 0) is 19.7 Å². The van der Waals surface area contributed by atoms with Crippen molar-refractivity contribution >= 4 is 5.91 Å². The third kappa shape index (κ3) is 3.84. The normalized spacial score (nSPS) is 13.3. The second-order valence-electron chi connectivity index (χ2n) is 6.88. The quantitative estimate of drug-likeness (QED) is 0.715. The first kappa shape index (κ1) is 17.3. The smallest absolute Gasteiger partial charge is 0.254 e. The van der Waals surface area contributed by atoms with Gasteiger partial charge in [0.25, 0.3) is 5.91 Å². The number of rotatable bonds is 4. The molecular formula is C21H22N4O2. The van der Waals surface area contributed by atoms with Crippen LogP contribution < -0.4 is 4.74 Å². The van der Waals surface area contributed by atoms with Gasteiger partial charge in [0, 0.05) is 30.1 Å². The Hall–Kier alpha value is -3.15. The minimum atomic E-state index is 0.0529. The molecule has 0 saturated carbocycles. The lowest BCUT2D eigenvalue weighted by molar-refractivity contribution is 0.0706. The van der Waals surface area contributed by atoms with Gasteiger partial charge in [-0.15, -0.1) is 5.10 Å². The predicted octanol–water partition coefficient (Wildman–Crippen LogP) is 3.13. The highest BCUT2D eigenvalue weighted by Gasteiger charge is 2.23. The Morgan fingerprint density at radius 1 is 1.11 bits per heavy atom. The minimum absolute atomic E-state index is 0.0529. The second-order valence-corrected chi connectivity index (χ2v) is 6.88. The molecule has 4 rings (SSSR count). The minimum Gasteiger partial charge on any atom is -0.472 e. The predicted molar refractivity (Wildman–Crippen MR) is 101 cm³/mol. The van der Waals surface area contributed by atoms with Crippen LogP contribution in [0.2, 0.25) is 0 Å². The van der Waals surface area contributed by atoms with Crippen LogP contribution >= 0.6 is 0 Å². The number of benzene rings is 1. The van der Waals surface area contributed by atoms with E-state index in [9.17, 15) is 4.79 Å². The van der Waals surface area contributed by atoms with Crippen LogP contribution in [0, 0.1) is 13.8 Å². The summed E-state index contributed by atoms with van der Waals surface area (Å²) in [6.07, 6.45) is 1.78. The van der Waals surface area contributed by atoms with Gasteiger partial charge in [-0.25, -0.2) is 0 Å². The van der Waals surface area contributed by atoms with Crippen LogP contribution in [0.1, 0.15) is 32.9 Å². The molecule has 6 heteroatoms. The zero-order valence-electron chi connectivity index (χ0n) is 15.6.